The van der Waals surface area contributed by atoms with Gasteiger partial charge in [0.1, 0.15) is 23.8 Å². The van der Waals surface area contributed by atoms with Gasteiger partial charge in [-0.25, -0.2) is 8.42 Å². The predicted octanol–water partition coefficient (Wildman–Crippen LogP) is -0.661. The third-order valence-corrected chi connectivity index (χ3v) is 10.1. The molecule has 0 bridgehead atoms. The molecule has 4 N–H and O–H groups in total. The number of aliphatic carboxylic acids is 1. The van der Waals surface area contributed by atoms with Crippen LogP contribution in [0.4, 0.5) is 26.3 Å². The Balaban J connectivity index is 0.000000804. The molecule has 3 amide bonds. The van der Waals surface area contributed by atoms with Gasteiger partial charge in [-0.15, -0.1) is 0 Å². The summed E-state index contributed by atoms with van der Waals surface area (Å²) in [5, 5.41) is 16.0. The molecule has 1 aromatic rings. The number of amides is 3. The molecular formula is C28H37F6N5O8S. The van der Waals surface area contributed by atoms with Crippen molar-refractivity contribution in [2.75, 3.05) is 32.5 Å². The smallest absolute Gasteiger partial charge is 0.430 e. The van der Waals surface area contributed by atoms with Gasteiger partial charge in [0.05, 0.1) is 31.9 Å². The molecule has 3 aliphatic heterocycles. The summed E-state index contributed by atoms with van der Waals surface area (Å²) in [5.41, 5.74) is 0.829. The molecule has 2 fully saturated rings. The highest BCUT2D eigenvalue weighted by atomic mass is 32.2. The molecule has 270 valence electrons. The number of halogens is 6. The van der Waals surface area contributed by atoms with E-state index in [1.54, 1.807) is 19.3 Å². The van der Waals surface area contributed by atoms with E-state index in [2.05, 4.69) is 10.6 Å². The molecule has 1 aromatic carbocycles. The first kappa shape index (κ1) is 38.8. The first-order chi connectivity index (χ1) is 22.2. The average Bonchev–Trinajstić information content (AvgIpc) is 3.43. The van der Waals surface area contributed by atoms with Crippen molar-refractivity contribution in [3.63, 3.8) is 0 Å². The van der Waals surface area contributed by atoms with Crippen molar-refractivity contribution in [1.82, 2.24) is 19.8 Å². The van der Waals surface area contributed by atoms with Crippen molar-refractivity contribution in [3.8, 4) is 5.75 Å². The predicted molar refractivity (Wildman–Crippen MR) is 152 cm³/mol. The van der Waals surface area contributed by atoms with E-state index in [1.165, 1.54) is 4.90 Å². The lowest BCUT2D eigenvalue weighted by Crippen LogP contribution is -2.88. The number of carbonyl (C=O) groups is 4. The maximum Gasteiger partial charge on any atom is 0.430 e. The van der Waals surface area contributed by atoms with Gasteiger partial charge < -0.3 is 35.5 Å². The van der Waals surface area contributed by atoms with Gasteiger partial charge in [-0.3, -0.25) is 14.4 Å². The van der Waals surface area contributed by atoms with Crippen LogP contribution in [0.3, 0.4) is 0 Å². The summed E-state index contributed by atoms with van der Waals surface area (Å²) in [6.45, 7) is 1.35. The van der Waals surface area contributed by atoms with Crippen LogP contribution in [0.25, 0.3) is 0 Å². The van der Waals surface area contributed by atoms with E-state index < -0.39 is 83.0 Å². The number of carboxylic acid groups (broad SMARTS) is 1. The van der Waals surface area contributed by atoms with E-state index in [-0.39, 0.29) is 24.9 Å². The average molecular weight is 718 g/mol. The van der Waals surface area contributed by atoms with E-state index >= 15 is 0 Å². The highest BCUT2D eigenvalue weighted by Gasteiger charge is 2.47. The normalized spacial score (nSPS) is 24.0. The Hall–Kier alpha value is -3.65. The van der Waals surface area contributed by atoms with Gasteiger partial charge in [-0.05, 0) is 32.3 Å². The fraction of sp³-hybridized carbons (Fsp3) is 0.643. The highest BCUT2D eigenvalue weighted by Crippen LogP contribution is 2.34. The van der Waals surface area contributed by atoms with E-state index in [0.717, 1.165) is 9.87 Å². The van der Waals surface area contributed by atoms with Crippen LogP contribution in [0, 0.1) is 0 Å². The van der Waals surface area contributed by atoms with Crippen molar-refractivity contribution in [2.45, 2.75) is 81.6 Å². The van der Waals surface area contributed by atoms with Gasteiger partial charge in [0.15, 0.2) is 6.04 Å². The van der Waals surface area contributed by atoms with Crippen LogP contribution < -0.4 is 25.8 Å². The van der Waals surface area contributed by atoms with E-state index in [9.17, 15) is 49.1 Å². The number of alkyl halides is 6. The zero-order valence-corrected chi connectivity index (χ0v) is 26.8. The number of likely N-dealkylation sites (N-methyl/N-ethyl adjacent to an activating group) is 1. The molecule has 0 spiro atoms. The summed E-state index contributed by atoms with van der Waals surface area (Å²) < 4.78 is 102. The Morgan fingerprint density at radius 3 is 2.29 bits per heavy atom. The molecule has 20 heteroatoms. The molecule has 3 aliphatic rings. The Morgan fingerprint density at radius 2 is 1.69 bits per heavy atom. The summed E-state index contributed by atoms with van der Waals surface area (Å²) in [6.07, 6.45) is -9.95. The number of ether oxygens (including phenoxy) is 1. The number of nitrogens with zero attached hydrogens (tertiary/aromatic N) is 2. The van der Waals surface area contributed by atoms with Crippen LogP contribution >= 0.6 is 0 Å². The van der Waals surface area contributed by atoms with Gasteiger partial charge >= 0.3 is 12.4 Å². The van der Waals surface area contributed by atoms with Crippen LogP contribution in [0.2, 0.25) is 0 Å². The Labute approximate surface area is 272 Å². The summed E-state index contributed by atoms with van der Waals surface area (Å²) in [4.78, 5) is 50.5. The van der Waals surface area contributed by atoms with Crippen molar-refractivity contribution in [2.24, 2.45) is 0 Å². The van der Waals surface area contributed by atoms with Gasteiger partial charge in [0, 0.05) is 31.1 Å². The number of nitrogens with one attached hydrogen (secondary N) is 2. The van der Waals surface area contributed by atoms with Crippen molar-refractivity contribution in [1.29, 1.82) is 0 Å². The molecule has 2 saturated heterocycles. The van der Waals surface area contributed by atoms with E-state index in [4.69, 9.17) is 14.6 Å². The lowest BCUT2D eigenvalue weighted by atomic mass is 10.00. The number of nitrogens with two attached hydrogens (primary N) is 1. The van der Waals surface area contributed by atoms with Crippen LogP contribution in [0.5, 0.6) is 5.75 Å². The molecule has 13 nitrogen and oxygen atoms in total. The second kappa shape index (κ2) is 15.7. The van der Waals surface area contributed by atoms with Crippen molar-refractivity contribution in [3.05, 3.63) is 29.8 Å². The second-order valence-electron chi connectivity index (χ2n) is 11.5. The fourth-order valence-electron chi connectivity index (χ4n) is 5.55. The largest absolute Gasteiger partial charge is 0.542 e. The van der Waals surface area contributed by atoms with E-state index in [0.29, 0.717) is 31.6 Å². The molecule has 4 rings (SSSR count). The Kier molecular flexibility index (Phi) is 12.7. The molecule has 0 saturated carbocycles. The number of para-hydroxylation sites is 1. The van der Waals surface area contributed by atoms with Crippen LogP contribution in [0.15, 0.2) is 24.3 Å². The molecule has 0 radical (unpaired) electrons. The SMILES string of the molecule is C[NH2+][C@@H](C)C(=O)N[C@H]1CN(S(=O)(=O)CCC(F)(F)F)CC[C@H]2CC[C@@H](C(=O)N[C@@H]3CCOc4ccccc43)N2C1=O.O=C([O-])C(F)(F)F. The molecule has 48 heavy (non-hydrogen) atoms. The standard InChI is InChI=1S/C26H36F3N5O6S.C2HF3O2/c1-16(30-2)23(35)32-20-15-33(41(38,39)14-11-26(27,28)29)12-9-17-7-8-21(34(17)25(20)37)24(36)31-19-10-13-40-22-6-4-3-5-18(19)22;3-2(4,5)1(6)7/h3-6,16-17,19-21,30H,7-15H2,1-2H3,(H,31,36)(H,32,35);(H,6,7)/t16-,17+,19+,20-,21-;/m0./s1. The molecule has 0 aliphatic carbocycles. The number of fused-ring (bicyclic) bond motifs is 2. The third-order valence-electron chi connectivity index (χ3n) is 8.23. The van der Waals surface area contributed by atoms with Crippen LogP contribution in [-0.2, 0) is 29.2 Å². The lowest BCUT2D eigenvalue weighted by Gasteiger charge is -2.38. The number of hydrogen-bond donors (Lipinski definition) is 3. The van der Waals surface area contributed by atoms with Crippen molar-refractivity contribution >= 4 is 33.7 Å². The van der Waals surface area contributed by atoms with Crippen molar-refractivity contribution < 1.29 is 69.1 Å². The maximum absolute atomic E-state index is 13.9. The topological polar surface area (TPSA) is 182 Å². The summed E-state index contributed by atoms with van der Waals surface area (Å²) in [7, 11) is -2.73. The minimum atomic E-state index is -5.19. The minimum Gasteiger partial charge on any atom is -0.542 e. The Bertz CT molecular complexity index is 1440. The van der Waals surface area contributed by atoms with Crippen LogP contribution in [0.1, 0.15) is 50.6 Å². The number of quaternary nitrogens is 1. The second-order valence-corrected chi connectivity index (χ2v) is 13.6. The summed E-state index contributed by atoms with van der Waals surface area (Å²) in [6, 6.07) is 3.71. The maximum atomic E-state index is 13.9. The van der Waals surface area contributed by atoms with Gasteiger partial charge in [-0.2, -0.15) is 30.6 Å². The number of benzene rings is 1. The molecule has 5 atom stereocenters. The van der Waals surface area contributed by atoms with Gasteiger partial charge in [0.2, 0.25) is 21.8 Å². The summed E-state index contributed by atoms with van der Waals surface area (Å²) >= 11 is 0. The quantitative estimate of drug-likeness (QED) is 0.297. The number of carboxylic acids is 1. The monoisotopic (exact) mass is 717 g/mol. The molecule has 3 heterocycles. The first-order valence-electron chi connectivity index (χ1n) is 15.0. The van der Waals surface area contributed by atoms with Crippen LogP contribution in [-0.4, -0.2) is 110 Å². The van der Waals surface area contributed by atoms with E-state index in [1.807, 2.05) is 24.3 Å². The molecular weight excluding hydrogens is 680 g/mol. The number of hydrogen-bond acceptors (Lipinski definition) is 8. The van der Waals surface area contributed by atoms with Gasteiger partial charge in [0.25, 0.3) is 5.91 Å². The number of rotatable bonds is 8. The number of carbonyl (C=O) groups excluding carboxylic acids is 4. The molecule has 0 unspecified atom stereocenters. The highest BCUT2D eigenvalue weighted by molar-refractivity contribution is 7.89. The fourth-order valence-corrected chi connectivity index (χ4v) is 7.06. The molecule has 0 aromatic heterocycles. The minimum absolute atomic E-state index is 0.141. The summed E-state index contributed by atoms with van der Waals surface area (Å²) in [5.74, 6) is -5.02. The first-order valence-corrected chi connectivity index (χ1v) is 16.6. The number of sulfonamides is 1. The lowest BCUT2D eigenvalue weighted by molar-refractivity contribution is -0.646. The zero-order chi connectivity index (χ0) is 36.0. The van der Waals surface area contributed by atoms with Gasteiger partial charge in [-0.1, -0.05) is 18.2 Å². The third kappa shape index (κ3) is 10.2. The zero-order valence-electron chi connectivity index (χ0n) is 26.0. The Morgan fingerprint density at radius 1 is 1.04 bits per heavy atom.